The molecule has 0 atom stereocenters. The lowest BCUT2D eigenvalue weighted by atomic mass is 9.84. The van der Waals surface area contributed by atoms with E-state index in [4.69, 9.17) is 11.6 Å². The van der Waals surface area contributed by atoms with Gasteiger partial charge in [0.05, 0.1) is 5.56 Å². The van der Waals surface area contributed by atoms with Gasteiger partial charge < -0.3 is 4.90 Å². The fraction of sp³-hybridized carbons (Fsp3) is 0.545. The number of carbonyl (C=O) groups excluding carboxylic acids is 1. The van der Waals surface area contributed by atoms with Crippen LogP contribution in [0.5, 0.6) is 0 Å². The lowest BCUT2D eigenvalue weighted by Crippen LogP contribution is -2.38. The molecule has 0 bridgehead atoms. The van der Waals surface area contributed by atoms with E-state index in [0.29, 0.717) is 16.9 Å². The van der Waals surface area contributed by atoms with Crippen LogP contribution in [0, 0.1) is 5.92 Å². The van der Waals surface area contributed by atoms with Gasteiger partial charge in [-0.3, -0.25) is 4.79 Å². The molecule has 16 heavy (non-hydrogen) atoms. The molecular formula is C11H14ClN3O. The summed E-state index contributed by atoms with van der Waals surface area (Å²) in [4.78, 5) is 21.3. The van der Waals surface area contributed by atoms with Gasteiger partial charge in [-0.15, -0.1) is 11.6 Å². The molecule has 1 aliphatic rings. The van der Waals surface area contributed by atoms with Crippen molar-refractivity contribution in [3.05, 3.63) is 24.3 Å². The van der Waals surface area contributed by atoms with Crippen LogP contribution in [0.1, 0.15) is 23.2 Å². The molecule has 86 valence electrons. The van der Waals surface area contributed by atoms with Crippen LogP contribution in [0.25, 0.3) is 0 Å². The van der Waals surface area contributed by atoms with Crippen LogP contribution >= 0.6 is 11.6 Å². The van der Waals surface area contributed by atoms with Gasteiger partial charge in [0.25, 0.3) is 5.91 Å². The predicted octanol–water partition coefficient (Wildman–Crippen LogP) is 1.57. The van der Waals surface area contributed by atoms with Gasteiger partial charge in [0, 0.05) is 31.4 Å². The number of carbonyl (C=O) groups is 1. The lowest BCUT2D eigenvalue weighted by Gasteiger charge is -2.34. The quantitative estimate of drug-likeness (QED) is 0.753. The maximum atomic E-state index is 11.9. The molecule has 5 heteroatoms. The average molecular weight is 240 g/mol. The highest BCUT2D eigenvalue weighted by Gasteiger charge is 2.29. The van der Waals surface area contributed by atoms with Crippen LogP contribution in [0.3, 0.4) is 0 Å². The molecule has 4 nitrogen and oxygen atoms in total. The number of amides is 1. The zero-order valence-electron chi connectivity index (χ0n) is 9.14. The van der Waals surface area contributed by atoms with E-state index in [1.807, 2.05) is 0 Å². The van der Waals surface area contributed by atoms with Gasteiger partial charge in [0.2, 0.25) is 0 Å². The van der Waals surface area contributed by atoms with Gasteiger partial charge in [0.15, 0.2) is 0 Å². The monoisotopic (exact) mass is 239 g/mol. The summed E-state index contributed by atoms with van der Waals surface area (Å²) in [7, 11) is 1.80. The number of alkyl halides is 1. The molecule has 1 saturated carbocycles. The lowest BCUT2D eigenvalue weighted by molar-refractivity contribution is 0.0746. The zero-order valence-corrected chi connectivity index (χ0v) is 9.89. The van der Waals surface area contributed by atoms with Gasteiger partial charge in [-0.05, 0) is 18.8 Å². The Balaban J connectivity index is 1.90. The molecule has 2 rings (SSSR count). The van der Waals surface area contributed by atoms with E-state index >= 15 is 0 Å². The number of nitrogens with zero attached hydrogens (tertiary/aromatic N) is 3. The molecule has 1 fully saturated rings. The van der Waals surface area contributed by atoms with Gasteiger partial charge in [0.1, 0.15) is 6.33 Å². The summed E-state index contributed by atoms with van der Waals surface area (Å²) < 4.78 is 0. The van der Waals surface area contributed by atoms with Crippen molar-refractivity contribution in [2.24, 2.45) is 5.92 Å². The van der Waals surface area contributed by atoms with Gasteiger partial charge >= 0.3 is 0 Å². The van der Waals surface area contributed by atoms with Crippen LogP contribution in [-0.4, -0.2) is 39.7 Å². The minimum absolute atomic E-state index is 0.0291. The SMILES string of the molecule is CN(CC1CC(Cl)C1)C(=O)c1cncnc1. The van der Waals surface area contributed by atoms with Gasteiger partial charge in [-0.25, -0.2) is 9.97 Å². The van der Waals surface area contributed by atoms with Gasteiger partial charge in [-0.2, -0.15) is 0 Å². The van der Waals surface area contributed by atoms with Crippen molar-refractivity contribution in [1.29, 1.82) is 0 Å². The third kappa shape index (κ3) is 2.50. The van der Waals surface area contributed by atoms with Crippen molar-refractivity contribution in [1.82, 2.24) is 14.9 Å². The molecule has 1 aromatic rings. The summed E-state index contributed by atoms with van der Waals surface area (Å²) in [6, 6.07) is 0. The molecule has 0 spiro atoms. The summed E-state index contributed by atoms with van der Waals surface area (Å²) in [5.74, 6) is 0.514. The van der Waals surface area contributed by atoms with Crippen molar-refractivity contribution in [3.8, 4) is 0 Å². The summed E-state index contributed by atoms with van der Waals surface area (Å²) in [6.45, 7) is 0.761. The van der Waals surface area contributed by atoms with Crippen LogP contribution in [0.15, 0.2) is 18.7 Å². The average Bonchev–Trinajstić information content (AvgIpc) is 2.27. The standard InChI is InChI=1S/C11H14ClN3O/c1-15(6-8-2-10(12)3-8)11(16)9-4-13-7-14-5-9/h4-5,7-8,10H,2-3,6H2,1H3. The second-order valence-electron chi connectivity index (χ2n) is 4.25. The number of aromatic nitrogens is 2. The van der Waals surface area contributed by atoms with Crippen LogP contribution in [0.4, 0.5) is 0 Å². The van der Waals surface area contributed by atoms with E-state index < -0.39 is 0 Å². The van der Waals surface area contributed by atoms with Crippen molar-refractivity contribution >= 4 is 17.5 Å². The maximum Gasteiger partial charge on any atom is 0.256 e. The Morgan fingerprint density at radius 3 is 2.69 bits per heavy atom. The highest BCUT2D eigenvalue weighted by molar-refractivity contribution is 6.21. The van der Waals surface area contributed by atoms with Crippen LogP contribution in [-0.2, 0) is 0 Å². The van der Waals surface area contributed by atoms with E-state index in [9.17, 15) is 4.79 Å². The summed E-state index contributed by atoms with van der Waals surface area (Å²) in [6.07, 6.45) is 6.50. The molecule has 0 saturated heterocycles. The second-order valence-corrected chi connectivity index (χ2v) is 4.86. The first-order valence-electron chi connectivity index (χ1n) is 5.31. The second kappa shape index (κ2) is 4.78. The predicted molar refractivity (Wildman–Crippen MR) is 61.4 cm³/mol. The first-order valence-corrected chi connectivity index (χ1v) is 5.75. The number of hydrogen-bond donors (Lipinski definition) is 0. The van der Waals surface area contributed by atoms with Gasteiger partial charge in [-0.1, -0.05) is 0 Å². The van der Waals surface area contributed by atoms with Crippen molar-refractivity contribution in [3.63, 3.8) is 0 Å². The largest absolute Gasteiger partial charge is 0.341 e. The van der Waals surface area contributed by atoms with E-state index in [2.05, 4.69) is 9.97 Å². The molecule has 0 N–H and O–H groups in total. The molecule has 0 radical (unpaired) electrons. The Hall–Kier alpha value is -1.16. The van der Waals surface area contributed by atoms with E-state index in [1.54, 1.807) is 11.9 Å². The minimum Gasteiger partial charge on any atom is -0.341 e. The Bertz CT molecular complexity index is 365. The number of rotatable bonds is 3. The first-order chi connectivity index (χ1) is 7.66. The van der Waals surface area contributed by atoms with Crippen LogP contribution in [0.2, 0.25) is 0 Å². The van der Waals surface area contributed by atoms with Crippen molar-refractivity contribution in [2.45, 2.75) is 18.2 Å². The first kappa shape index (κ1) is 11.3. The summed E-state index contributed by atoms with van der Waals surface area (Å²) in [5.41, 5.74) is 0.534. The Morgan fingerprint density at radius 2 is 2.12 bits per heavy atom. The van der Waals surface area contributed by atoms with Crippen molar-refractivity contribution in [2.75, 3.05) is 13.6 Å². The van der Waals surface area contributed by atoms with Crippen molar-refractivity contribution < 1.29 is 4.79 Å². The molecule has 1 aliphatic carbocycles. The normalized spacial score (nSPS) is 23.6. The highest BCUT2D eigenvalue weighted by Crippen LogP contribution is 2.32. The number of halogens is 1. The smallest absolute Gasteiger partial charge is 0.256 e. The summed E-state index contributed by atoms with van der Waals surface area (Å²) >= 11 is 5.90. The molecule has 1 heterocycles. The molecule has 0 unspecified atom stereocenters. The number of hydrogen-bond acceptors (Lipinski definition) is 3. The third-order valence-electron chi connectivity index (χ3n) is 2.86. The minimum atomic E-state index is -0.0291. The van der Waals surface area contributed by atoms with Crippen LogP contribution < -0.4 is 0 Å². The Morgan fingerprint density at radius 1 is 1.50 bits per heavy atom. The highest BCUT2D eigenvalue weighted by atomic mass is 35.5. The third-order valence-corrected chi connectivity index (χ3v) is 3.22. The van der Waals surface area contributed by atoms with E-state index in [-0.39, 0.29) is 5.91 Å². The Labute approximate surface area is 99.6 Å². The molecule has 0 aliphatic heterocycles. The maximum absolute atomic E-state index is 11.9. The molecular weight excluding hydrogens is 226 g/mol. The fourth-order valence-corrected chi connectivity index (χ4v) is 2.41. The van der Waals surface area contributed by atoms with E-state index in [1.165, 1.54) is 18.7 Å². The fourth-order valence-electron chi connectivity index (χ4n) is 1.90. The molecule has 1 aromatic heterocycles. The topological polar surface area (TPSA) is 46.1 Å². The Kier molecular flexibility index (Phi) is 3.39. The molecule has 1 amide bonds. The van der Waals surface area contributed by atoms with E-state index in [0.717, 1.165) is 19.4 Å². The molecule has 0 aromatic carbocycles. The zero-order chi connectivity index (χ0) is 11.5. The summed E-state index contributed by atoms with van der Waals surface area (Å²) in [5, 5.41) is 0.300.